The molecule has 3 atom stereocenters. The van der Waals surface area contributed by atoms with E-state index in [0.717, 1.165) is 18.8 Å². The van der Waals surface area contributed by atoms with Gasteiger partial charge in [0.1, 0.15) is 5.84 Å². The van der Waals surface area contributed by atoms with Crippen molar-refractivity contribution in [2.45, 2.75) is 52.4 Å². The summed E-state index contributed by atoms with van der Waals surface area (Å²) in [6.07, 6.45) is 7.30. The summed E-state index contributed by atoms with van der Waals surface area (Å²) < 4.78 is 0. The Bertz CT molecular complexity index is 296. The van der Waals surface area contributed by atoms with Gasteiger partial charge in [0.25, 0.3) is 0 Å². The molecule has 3 heteroatoms. The molecule has 2 aliphatic rings. The minimum absolute atomic E-state index is 0.518. The highest BCUT2D eigenvalue weighted by Gasteiger charge is 2.30. The van der Waals surface area contributed by atoms with Crippen molar-refractivity contribution in [2.24, 2.45) is 22.9 Å². The lowest BCUT2D eigenvalue weighted by Gasteiger charge is -2.33. The molecule has 0 saturated heterocycles. The van der Waals surface area contributed by atoms with Gasteiger partial charge in [-0.3, -0.25) is 10.8 Å². The first kappa shape index (κ1) is 11.6. The highest BCUT2D eigenvalue weighted by Crippen LogP contribution is 2.33. The van der Waals surface area contributed by atoms with Crippen molar-refractivity contribution < 1.29 is 0 Å². The second kappa shape index (κ2) is 4.98. The van der Waals surface area contributed by atoms with E-state index >= 15 is 0 Å². The first-order valence-corrected chi connectivity index (χ1v) is 6.61. The lowest BCUT2D eigenvalue weighted by Crippen LogP contribution is -2.37. The first-order valence-electron chi connectivity index (χ1n) is 6.61. The van der Waals surface area contributed by atoms with E-state index in [0.29, 0.717) is 17.7 Å². The van der Waals surface area contributed by atoms with Gasteiger partial charge in [-0.15, -0.1) is 0 Å². The van der Waals surface area contributed by atoms with Crippen molar-refractivity contribution in [3.05, 3.63) is 0 Å². The Balaban J connectivity index is 2.08. The number of amidine groups is 1. The summed E-state index contributed by atoms with van der Waals surface area (Å²) in [4.78, 5) is 0. The third-order valence-electron chi connectivity index (χ3n) is 4.04. The molecule has 1 aliphatic carbocycles. The molecule has 0 bridgehead atoms. The van der Waals surface area contributed by atoms with Gasteiger partial charge in [0.15, 0.2) is 0 Å². The standard InChI is InChI=1S/C13H23N3/c1-3-10-8-12(14)15-16-13(10)11-6-4-5-9(2)7-11/h9-11H,3-8H2,1-2H3,(H2,14,15). The van der Waals surface area contributed by atoms with Crippen LogP contribution < -0.4 is 5.43 Å². The number of hydrogen-bond donors (Lipinski definition) is 2. The van der Waals surface area contributed by atoms with Gasteiger partial charge >= 0.3 is 0 Å². The molecule has 1 saturated carbocycles. The van der Waals surface area contributed by atoms with Crippen LogP contribution in [0.25, 0.3) is 0 Å². The average Bonchev–Trinajstić information content (AvgIpc) is 2.28. The molecular formula is C13H23N3. The number of nitrogens with one attached hydrogen (secondary N) is 2. The first-order chi connectivity index (χ1) is 7.70. The summed E-state index contributed by atoms with van der Waals surface area (Å²) in [5, 5.41) is 12.1. The van der Waals surface area contributed by atoms with Crippen molar-refractivity contribution >= 4 is 11.5 Å². The summed E-state index contributed by atoms with van der Waals surface area (Å²) in [5.41, 5.74) is 4.23. The van der Waals surface area contributed by atoms with Gasteiger partial charge < -0.3 is 0 Å². The fourth-order valence-electron chi connectivity index (χ4n) is 3.10. The molecule has 1 heterocycles. The summed E-state index contributed by atoms with van der Waals surface area (Å²) in [6.45, 7) is 4.57. The average molecular weight is 221 g/mol. The lowest BCUT2D eigenvalue weighted by atomic mass is 9.75. The molecule has 0 aromatic rings. The van der Waals surface area contributed by atoms with Crippen LogP contribution in [0.5, 0.6) is 0 Å². The minimum Gasteiger partial charge on any atom is -0.287 e. The Morgan fingerprint density at radius 2 is 2.25 bits per heavy atom. The monoisotopic (exact) mass is 221 g/mol. The zero-order valence-corrected chi connectivity index (χ0v) is 10.4. The molecule has 1 aliphatic heterocycles. The van der Waals surface area contributed by atoms with Crippen molar-refractivity contribution in [2.75, 3.05) is 0 Å². The van der Waals surface area contributed by atoms with Crippen LogP contribution in [-0.2, 0) is 0 Å². The third kappa shape index (κ3) is 2.45. The number of rotatable bonds is 2. The molecule has 0 spiro atoms. The fraction of sp³-hybridized carbons (Fsp3) is 0.846. The predicted octanol–water partition coefficient (Wildman–Crippen LogP) is 3.17. The molecule has 1 fully saturated rings. The van der Waals surface area contributed by atoms with E-state index in [1.165, 1.54) is 31.4 Å². The third-order valence-corrected chi connectivity index (χ3v) is 4.04. The molecule has 0 aromatic carbocycles. The van der Waals surface area contributed by atoms with Crippen molar-refractivity contribution in [1.82, 2.24) is 5.43 Å². The summed E-state index contributed by atoms with van der Waals surface area (Å²) in [6, 6.07) is 0. The van der Waals surface area contributed by atoms with E-state index in [1.54, 1.807) is 0 Å². The van der Waals surface area contributed by atoms with Crippen LogP contribution in [0.4, 0.5) is 0 Å². The zero-order valence-electron chi connectivity index (χ0n) is 10.4. The topological polar surface area (TPSA) is 48.2 Å². The van der Waals surface area contributed by atoms with Gasteiger partial charge in [0.2, 0.25) is 0 Å². The smallest absolute Gasteiger partial charge is 0.114 e. The Kier molecular flexibility index (Phi) is 3.62. The molecule has 0 amide bonds. The normalized spacial score (nSPS) is 35.5. The van der Waals surface area contributed by atoms with Gasteiger partial charge in [0.05, 0.1) is 0 Å². The van der Waals surface area contributed by atoms with Gasteiger partial charge in [-0.05, 0) is 31.1 Å². The van der Waals surface area contributed by atoms with Crippen LogP contribution in [0.15, 0.2) is 5.10 Å². The van der Waals surface area contributed by atoms with E-state index in [9.17, 15) is 0 Å². The molecule has 16 heavy (non-hydrogen) atoms. The fourth-order valence-corrected chi connectivity index (χ4v) is 3.10. The van der Waals surface area contributed by atoms with Crippen LogP contribution in [0.3, 0.4) is 0 Å². The van der Waals surface area contributed by atoms with Crippen LogP contribution in [0.2, 0.25) is 0 Å². The molecule has 90 valence electrons. The summed E-state index contributed by atoms with van der Waals surface area (Å²) >= 11 is 0. The second-order valence-electron chi connectivity index (χ2n) is 5.41. The van der Waals surface area contributed by atoms with E-state index in [1.807, 2.05) is 0 Å². The Hall–Kier alpha value is -0.860. The number of hydrogen-bond acceptors (Lipinski definition) is 2. The maximum absolute atomic E-state index is 7.65. The second-order valence-corrected chi connectivity index (χ2v) is 5.41. The SMILES string of the molecule is CCC1CC(=N)NN=C1C1CCCC(C)C1. The van der Waals surface area contributed by atoms with Crippen molar-refractivity contribution in [3.63, 3.8) is 0 Å². The van der Waals surface area contributed by atoms with E-state index in [4.69, 9.17) is 5.41 Å². The molecule has 0 radical (unpaired) electrons. The Morgan fingerprint density at radius 3 is 2.94 bits per heavy atom. The highest BCUT2D eigenvalue weighted by atomic mass is 15.3. The maximum Gasteiger partial charge on any atom is 0.114 e. The van der Waals surface area contributed by atoms with E-state index < -0.39 is 0 Å². The summed E-state index contributed by atoms with van der Waals surface area (Å²) in [7, 11) is 0. The number of hydrazone groups is 1. The zero-order chi connectivity index (χ0) is 11.5. The summed E-state index contributed by atoms with van der Waals surface area (Å²) in [5.74, 6) is 2.62. The lowest BCUT2D eigenvalue weighted by molar-refractivity contribution is 0.330. The van der Waals surface area contributed by atoms with Crippen LogP contribution in [-0.4, -0.2) is 11.5 Å². The predicted molar refractivity (Wildman–Crippen MR) is 67.8 cm³/mol. The van der Waals surface area contributed by atoms with Crippen LogP contribution >= 0.6 is 0 Å². The van der Waals surface area contributed by atoms with Gasteiger partial charge in [-0.25, -0.2) is 0 Å². The maximum atomic E-state index is 7.65. The minimum atomic E-state index is 0.518. The molecular weight excluding hydrogens is 198 g/mol. The van der Waals surface area contributed by atoms with Crippen molar-refractivity contribution in [3.8, 4) is 0 Å². The molecule has 2 rings (SSSR count). The van der Waals surface area contributed by atoms with E-state index in [-0.39, 0.29) is 0 Å². The molecule has 3 unspecified atom stereocenters. The quantitative estimate of drug-likeness (QED) is 0.739. The van der Waals surface area contributed by atoms with Crippen LogP contribution in [0, 0.1) is 23.2 Å². The van der Waals surface area contributed by atoms with Gasteiger partial charge in [0, 0.05) is 18.1 Å². The molecule has 0 aromatic heterocycles. The van der Waals surface area contributed by atoms with Crippen molar-refractivity contribution in [1.29, 1.82) is 5.41 Å². The Labute approximate surface area is 98.2 Å². The van der Waals surface area contributed by atoms with E-state index in [2.05, 4.69) is 24.4 Å². The van der Waals surface area contributed by atoms with Crippen LogP contribution in [0.1, 0.15) is 52.4 Å². The number of nitrogens with zero attached hydrogens (tertiary/aromatic N) is 1. The van der Waals surface area contributed by atoms with Gasteiger partial charge in [-0.1, -0.05) is 26.7 Å². The molecule has 2 N–H and O–H groups in total. The van der Waals surface area contributed by atoms with Gasteiger partial charge in [-0.2, -0.15) is 5.10 Å². The Morgan fingerprint density at radius 1 is 1.44 bits per heavy atom. The molecule has 3 nitrogen and oxygen atoms in total. The largest absolute Gasteiger partial charge is 0.287 e. The highest BCUT2D eigenvalue weighted by molar-refractivity contribution is 5.96.